The van der Waals surface area contributed by atoms with Crippen molar-refractivity contribution >= 4 is 43.3 Å². The van der Waals surface area contributed by atoms with Gasteiger partial charge in [-0.2, -0.15) is 13.2 Å². The minimum absolute atomic E-state index is 0.187. The van der Waals surface area contributed by atoms with Crippen LogP contribution in [-0.2, 0) is 22.8 Å². The van der Waals surface area contributed by atoms with Crippen molar-refractivity contribution in [2.45, 2.75) is 127 Å². The SMILES string of the molecule is CC1=Cc2c(ccc(CN3CCC(Nc4nc(C)nc5sc(CC(F)(F)F)cc45)CC3)c2C)C1C[C@H](C)N1C2CCC1CC(S(C)(=O)=O)C2. The minimum atomic E-state index is -4.25. The van der Waals surface area contributed by atoms with Gasteiger partial charge in [0.15, 0.2) is 0 Å². The molecule has 0 saturated carbocycles. The quantitative estimate of drug-likeness (QED) is 0.242. The largest absolute Gasteiger partial charge is 0.393 e. The molecule has 4 aliphatic rings. The summed E-state index contributed by atoms with van der Waals surface area (Å²) < 4.78 is 63.8. The molecule has 3 aliphatic heterocycles. The molecule has 12 heteroatoms. The maximum absolute atomic E-state index is 13.0. The molecule has 3 aromatic rings. The maximum atomic E-state index is 13.0. The van der Waals surface area contributed by atoms with Gasteiger partial charge in [0.2, 0.25) is 0 Å². The molecule has 2 bridgehead atoms. The summed E-state index contributed by atoms with van der Waals surface area (Å²) >= 11 is 1.09. The van der Waals surface area contributed by atoms with Gasteiger partial charge in [0.05, 0.1) is 17.1 Å². The number of sulfone groups is 1. The molecule has 3 fully saturated rings. The first kappa shape index (κ1) is 34.9. The number of thiophene rings is 1. The molecule has 3 saturated heterocycles. The van der Waals surface area contributed by atoms with Crippen molar-refractivity contribution in [3.05, 3.63) is 56.7 Å². The number of rotatable bonds is 9. The molecular formula is C37H48F3N5O2S2. The van der Waals surface area contributed by atoms with E-state index in [4.69, 9.17) is 0 Å². The van der Waals surface area contributed by atoms with Gasteiger partial charge in [-0.25, -0.2) is 18.4 Å². The Morgan fingerprint density at radius 3 is 2.39 bits per heavy atom. The number of piperidine rings is 2. The van der Waals surface area contributed by atoms with Crippen LogP contribution >= 0.6 is 11.3 Å². The van der Waals surface area contributed by atoms with Crippen molar-refractivity contribution in [1.82, 2.24) is 19.8 Å². The van der Waals surface area contributed by atoms with Gasteiger partial charge in [-0.3, -0.25) is 9.80 Å². The number of hydrogen-bond acceptors (Lipinski definition) is 8. The second-order valence-corrected chi connectivity index (χ2v) is 18.6. The third-order valence-electron chi connectivity index (χ3n) is 11.6. The third kappa shape index (κ3) is 7.30. The molecule has 0 radical (unpaired) electrons. The van der Waals surface area contributed by atoms with Crippen LogP contribution in [0.3, 0.4) is 0 Å². The number of halogens is 3. The lowest BCUT2D eigenvalue weighted by Crippen LogP contribution is -2.50. The Kier molecular flexibility index (Phi) is 9.41. The van der Waals surface area contributed by atoms with Crippen LogP contribution in [0.4, 0.5) is 19.0 Å². The number of nitrogens with zero attached hydrogens (tertiary/aromatic N) is 4. The molecule has 3 unspecified atom stereocenters. The first-order valence-corrected chi connectivity index (χ1v) is 20.5. The van der Waals surface area contributed by atoms with Gasteiger partial charge in [-0.15, -0.1) is 11.3 Å². The van der Waals surface area contributed by atoms with Crippen molar-refractivity contribution in [2.75, 3.05) is 24.7 Å². The highest BCUT2D eigenvalue weighted by atomic mass is 32.2. The summed E-state index contributed by atoms with van der Waals surface area (Å²) in [6.45, 7) is 11.4. The normalized spacial score (nSPS) is 25.9. The van der Waals surface area contributed by atoms with Crippen LogP contribution in [0.25, 0.3) is 16.3 Å². The summed E-state index contributed by atoms with van der Waals surface area (Å²) in [5, 5.41) is 4.03. The van der Waals surface area contributed by atoms with E-state index in [1.807, 2.05) is 0 Å². The summed E-state index contributed by atoms with van der Waals surface area (Å²) in [5.41, 5.74) is 6.91. The first-order valence-electron chi connectivity index (χ1n) is 17.7. The fourth-order valence-electron chi connectivity index (χ4n) is 9.19. The minimum Gasteiger partial charge on any atom is -0.367 e. The molecule has 1 aromatic carbocycles. The zero-order valence-electron chi connectivity index (χ0n) is 29.1. The van der Waals surface area contributed by atoms with Crippen molar-refractivity contribution in [1.29, 1.82) is 0 Å². The zero-order chi connectivity index (χ0) is 34.8. The lowest BCUT2D eigenvalue weighted by Gasteiger charge is -2.43. The number of alkyl halides is 3. The van der Waals surface area contributed by atoms with Crippen LogP contribution in [0, 0.1) is 13.8 Å². The van der Waals surface area contributed by atoms with E-state index in [9.17, 15) is 21.6 Å². The van der Waals surface area contributed by atoms with Crippen molar-refractivity contribution in [2.24, 2.45) is 0 Å². The van der Waals surface area contributed by atoms with Crippen LogP contribution in [-0.4, -0.2) is 83.1 Å². The van der Waals surface area contributed by atoms with Crippen molar-refractivity contribution in [3.63, 3.8) is 0 Å². The van der Waals surface area contributed by atoms with E-state index in [2.05, 4.69) is 64.1 Å². The Morgan fingerprint density at radius 2 is 1.73 bits per heavy atom. The second-order valence-electron chi connectivity index (χ2n) is 15.2. The topological polar surface area (TPSA) is 78.4 Å². The Balaban J connectivity index is 0.970. The van der Waals surface area contributed by atoms with Gasteiger partial charge in [0.1, 0.15) is 26.3 Å². The highest BCUT2D eigenvalue weighted by Crippen LogP contribution is 2.45. The highest BCUT2D eigenvalue weighted by molar-refractivity contribution is 7.91. The number of benzene rings is 1. The maximum Gasteiger partial charge on any atom is 0.393 e. The average Bonchev–Trinajstić information content (AvgIpc) is 3.64. The monoisotopic (exact) mass is 715 g/mol. The first-order chi connectivity index (χ1) is 23.1. The van der Waals surface area contributed by atoms with Crippen LogP contribution < -0.4 is 5.32 Å². The predicted molar refractivity (Wildman–Crippen MR) is 192 cm³/mol. The van der Waals surface area contributed by atoms with Gasteiger partial charge in [0.25, 0.3) is 0 Å². The smallest absolute Gasteiger partial charge is 0.367 e. The number of fused-ring (bicyclic) bond motifs is 4. The van der Waals surface area contributed by atoms with Gasteiger partial charge in [-0.1, -0.05) is 23.8 Å². The van der Waals surface area contributed by atoms with Gasteiger partial charge in [-0.05, 0) is 101 Å². The molecule has 266 valence electrons. The molecular weight excluding hydrogens is 668 g/mol. The van der Waals surface area contributed by atoms with Crippen LogP contribution in [0.1, 0.15) is 97.7 Å². The third-order valence-corrected chi connectivity index (χ3v) is 14.3. The number of hydrogen-bond donors (Lipinski definition) is 1. The summed E-state index contributed by atoms with van der Waals surface area (Å²) in [6.07, 6.45) is 5.27. The lowest BCUT2D eigenvalue weighted by atomic mass is 9.87. The van der Waals surface area contributed by atoms with Gasteiger partial charge < -0.3 is 5.32 Å². The standard InChI is InChI=1S/C37H48F3N5O2S2/c1-21-14-33-23(3)25(6-9-31(33)32(21)15-22(2)45-27-7-8-28(45)17-30(16-27)49(5,46)47)20-44-12-10-26(11-13-44)43-35-34-18-29(19-37(38,39)40)48-36(34)42-24(4)41-35/h6,9,14,18,22,26-28,30,32H,7-8,10-13,15-17,19-20H2,1-5H3,(H,41,42,43)/t22-,27?,28?,30?,32?/m0/s1. The van der Waals surface area contributed by atoms with Crippen molar-refractivity contribution in [3.8, 4) is 0 Å². The van der Waals surface area contributed by atoms with E-state index >= 15 is 0 Å². The molecule has 5 heterocycles. The van der Waals surface area contributed by atoms with E-state index in [0.717, 1.165) is 75.9 Å². The van der Waals surface area contributed by atoms with E-state index in [0.29, 0.717) is 45.9 Å². The van der Waals surface area contributed by atoms with Gasteiger partial charge >= 0.3 is 6.18 Å². The number of anilines is 1. The summed E-state index contributed by atoms with van der Waals surface area (Å²) in [6, 6.07) is 7.60. The van der Waals surface area contributed by atoms with E-state index in [1.54, 1.807) is 13.0 Å². The van der Waals surface area contributed by atoms with E-state index in [-0.39, 0.29) is 16.2 Å². The number of nitrogens with one attached hydrogen (secondary N) is 1. The fourth-order valence-corrected chi connectivity index (χ4v) is 11.4. The summed E-state index contributed by atoms with van der Waals surface area (Å²) in [7, 11) is -3.00. The highest BCUT2D eigenvalue weighted by Gasteiger charge is 2.46. The van der Waals surface area contributed by atoms with E-state index < -0.39 is 22.4 Å². The molecule has 1 aliphatic carbocycles. The fraction of sp³-hybridized carbons (Fsp3) is 0.622. The summed E-state index contributed by atoms with van der Waals surface area (Å²) in [5.74, 6) is 1.58. The van der Waals surface area contributed by atoms with Crippen LogP contribution in [0.15, 0.2) is 23.8 Å². The Hall–Kier alpha value is -2.54. The molecule has 4 atom stereocenters. The molecule has 1 N–H and O–H groups in total. The number of allylic oxidation sites excluding steroid dienone is 1. The summed E-state index contributed by atoms with van der Waals surface area (Å²) in [4.78, 5) is 15.0. The molecule has 7 nitrogen and oxygen atoms in total. The number of likely N-dealkylation sites (tertiary alicyclic amines) is 1. The molecule has 0 amide bonds. The second kappa shape index (κ2) is 13.2. The Morgan fingerprint density at radius 1 is 1.04 bits per heavy atom. The van der Waals surface area contributed by atoms with Crippen LogP contribution in [0.5, 0.6) is 0 Å². The Labute approximate surface area is 292 Å². The molecule has 7 rings (SSSR count). The van der Waals surface area contributed by atoms with E-state index in [1.165, 1.54) is 34.1 Å². The molecule has 0 spiro atoms. The lowest BCUT2D eigenvalue weighted by molar-refractivity contribution is -0.126. The number of aromatic nitrogens is 2. The predicted octanol–water partition coefficient (Wildman–Crippen LogP) is 7.81. The zero-order valence-corrected chi connectivity index (χ0v) is 30.7. The Bertz CT molecular complexity index is 1850. The molecule has 2 aromatic heterocycles. The van der Waals surface area contributed by atoms with Crippen molar-refractivity contribution < 1.29 is 21.6 Å². The molecule has 49 heavy (non-hydrogen) atoms. The average molecular weight is 716 g/mol. The van der Waals surface area contributed by atoms with Gasteiger partial charge in [0, 0.05) is 60.9 Å². The number of aryl methyl sites for hydroxylation is 1. The van der Waals surface area contributed by atoms with Crippen LogP contribution in [0.2, 0.25) is 0 Å².